The minimum Gasteiger partial charge on any atom is -0.384 e. The number of amides is 5. The Balaban J connectivity index is 1.22. The summed E-state index contributed by atoms with van der Waals surface area (Å²) < 4.78 is 6.91. The molecule has 0 aliphatic carbocycles. The fourth-order valence-corrected chi connectivity index (χ4v) is 5.26. The number of carbonyl (C=O) groups excluding carboxylic acids is 5. The number of rotatable bonds is 8. The average molecular weight is 523 g/mol. The number of ether oxygens (including phenoxy) is 1. The number of piperidine rings is 2. The van der Waals surface area contributed by atoms with Gasteiger partial charge in [-0.1, -0.05) is 6.07 Å². The van der Waals surface area contributed by atoms with E-state index in [0.717, 1.165) is 23.3 Å². The first-order valence-corrected chi connectivity index (χ1v) is 12.8. The van der Waals surface area contributed by atoms with Crippen molar-refractivity contribution >= 4 is 35.2 Å². The van der Waals surface area contributed by atoms with Gasteiger partial charge in [0.2, 0.25) is 17.7 Å². The number of hydrogen-bond donors (Lipinski definition) is 2. The Morgan fingerprint density at radius 3 is 2.66 bits per heavy atom. The predicted molar refractivity (Wildman–Crippen MR) is 134 cm³/mol. The van der Waals surface area contributed by atoms with Crippen LogP contribution in [-0.4, -0.2) is 82.0 Å². The SMILES string of the molecule is COCCC(=O)N1CCC(n2cc(CNc3cccc4c3C(=O)N(C3CCC(=O)NC3=O)C4=O)cn2)CC1. The molecule has 0 spiro atoms. The minimum absolute atomic E-state index is 0.0715. The van der Waals surface area contributed by atoms with E-state index in [1.807, 2.05) is 15.8 Å². The van der Waals surface area contributed by atoms with Crippen LogP contribution >= 0.6 is 0 Å². The molecule has 2 fully saturated rings. The highest BCUT2D eigenvalue weighted by molar-refractivity contribution is 6.25. The van der Waals surface area contributed by atoms with Crippen molar-refractivity contribution in [2.24, 2.45) is 0 Å². The van der Waals surface area contributed by atoms with Gasteiger partial charge in [-0.25, -0.2) is 0 Å². The quantitative estimate of drug-likeness (QED) is 0.491. The summed E-state index contributed by atoms with van der Waals surface area (Å²) in [5.41, 5.74) is 1.85. The second-order valence-electron chi connectivity index (χ2n) is 9.71. The van der Waals surface area contributed by atoms with Crippen LogP contribution in [-0.2, 0) is 25.7 Å². The monoisotopic (exact) mass is 522 g/mol. The molecule has 0 saturated carbocycles. The molecule has 200 valence electrons. The van der Waals surface area contributed by atoms with E-state index in [1.54, 1.807) is 31.5 Å². The van der Waals surface area contributed by atoms with Crippen molar-refractivity contribution in [2.75, 3.05) is 32.1 Å². The molecule has 12 heteroatoms. The first-order valence-electron chi connectivity index (χ1n) is 12.8. The molecule has 4 heterocycles. The Hall–Kier alpha value is -4.06. The number of fused-ring (bicyclic) bond motifs is 1. The summed E-state index contributed by atoms with van der Waals surface area (Å²) in [4.78, 5) is 65.2. The molecule has 3 aliphatic heterocycles. The van der Waals surface area contributed by atoms with Crippen LogP contribution in [0, 0.1) is 0 Å². The van der Waals surface area contributed by atoms with Gasteiger partial charge in [0, 0.05) is 50.6 Å². The maximum atomic E-state index is 13.3. The number of benzene rings is 1. The van der Waals surface area contributed by atoms with E-state index in [1.165, 1.54) is 0 Å². The van der Waals surface area contributed by atoms with E-state index in [4.69, 9.17) is 4.74 Å². The Morgan fingerprint density at radius 2 is 1.92 bits per heavy atom. The van der Waals surface area contributed by atoms with Crippen LogP contribution in [0.4, 0.5) is 5.69 Å². The predicted octanol–water partition coefficient (Wildman–Crippen LogP) is 1.10. The van der Waals surface area contributed by atoms with Gasteiger partial charge in [-0.15, -0.1) is 0 Å². The van der Waals surface area contributed by atoms with E-state index in [9.17, 15) is 24.0 Å². The molecule has 2 aromatic rings. The van der Waals surface area contributed by atoms with Gasteiger partial charge in [0.05, 0.1) is 36.4 Å². The molecule has 1 aromatic carbocycles. The second kappa shape index (κ2) is 10.7. The molecule has 1 unspecified atom stereocenters. The van der Waals surface area contributed by atoms with Crippen molar-refractivity contribution < 1.29 is 28.7 Å². The van der Waals surface area contributed by atoms with Crippen LogP contribution in [0.1, 0.15) is 64.4 Å². The van der Waals surface area contributed by atoms with E-state index in [-0.39, 0.29) is 35.9 Å². The first kappa shape index (κ1) is 25.6. The molecule has 5 amide bonds. The zero-order valence-corrected chi connectivity index (χ0v) is 21.1. The summed E-state index contributed by atoms with van der Waals surface area (Å²) >= 11 is 0. The van der Waals surface area contributed by atoms with E-state index in [2.05, 4.69) is 15.7 Å². The number of imide groups is 2. The standard InChI is InChI=1S/C26H30N6O6/c1-38-12-9-22(34)30-10-7-17(8-11-30)31-15-16(14-28-31)13-27-19-4-2-3-18-23(19)26(37)32(25(18)36)20-5-6-21(33)29-24(20)35/h2-4,14-15,17,20,27H,5-13H2,1H3,(H,29,33,35). The smallest absolute Gasteiger partial charge is 0.264 e. The van der Waals surface area contributed by atoms with Gasteiger partial charge in [0.25, 0.3) is 11.8 Å². The zero-order valence-electron chi connectivity index (χ0n) is 21.1. The minimum atomic E-state index is -1.01. The van der Waals surface area contributed by atoms with Gasteiger partial charge in [0.1, 0.15) is 6.04 Å². The van der Waals surface area contributed by atoms with Gasteiger partial charge in [0.15, 0.2) is 0 Å². The van der Waals surface area contributed by atoms with Gasteiger partial charge < -0.3 is 15.0 Å². The van der Waals surface area contributed by atoms with Gasteiger partial charge in [-0.05, 0) is 31.4 Å². The normalized spacial score (nSPS) is 20.1. The summed E-state index contributed by atoms with van der Waals surface area (Å²) in [5, 5.41) is 9.96. The lowest BCUT2D eigenvalue weighted by molar-refractivity contribution is -0.136. The fourth-order valence-electron chi connectivity index (χ4n) is 5.26. The Bertz CT molecular complexity index is 1280. The van der Waals surface area contributed by atoms with Crippen molar-refractivity contribution in [3.63, 3.8) is 0 Å². The van der Waals surface area contributed by atoms with Crippen LogP contribution in [0.25, 0.3) is 0 Å². The third kappa shape index (κ3) is 4.91. The number of aromatic nitrogens is 2. The summed E-state index contributed by atoms with van der Waals surface area (Å²) in [5.74, 6) is -2.03. The Morgan fingerprint density at radius 1 is 1.13 bits per heavy atom. The van der Waals surface area contributed by atoms with E-state index >= 15 is 0 Å². The number of methoxy groups -OCH3 is 1. The maximum absolute atomic E-state index is 13.3. The van der Waals surface area contributed by atoms with E-state index < -0.39 is 29.7 Å². The molecule has 0 radical (unpaired) electrons. The largest absolute Gasteiger partial charge is 0.384 e. The number of nitrogens with one attached hydrogen (secondary N) is 2. The fraction of sp³-hybridized carbons (Fsp3) is 0.462. The highest BCUT2D eigenvalue weighted by atomic mass is 16.5. The highest BCUT2D eigenvalue weighted by Gasteiger charge is 2.45. The summed E-state index contributed by atoms with van der Waals surface area (Å²) in [6, 6.07) is 4.16. The first-order chi connectivity index (χ1) is 18.4. The van der Waals surface area contributed by atoms with Crippen LogP contribution in [0.2, 0.25) is 0 Å². The molecular formula is C26H30N6O6. The van der Waals surface area contributed by atoms with Gasteiger partial charge in [-0.2, -0.15) is 5.10 Å². The van der Waals surface area contributed by atoms with Gasteiger partial charge >= 0.3 is 0 Å². The van der Waals surface area contributed by atoms with Crippen molar-refractivity contribution in [1.29, 1.82) is 0 Å². The lowest BCUT2D eigenvalue weighted by Gasteiger charge is -2.32. The molecule has 3 aliphatic rings. The molecule has 2 N–H and O–H groups in total. The van der Waals surface area contributed by atoms with E-state index in [0.29, 0.717) is 38.3 Å². The molecule has 12 nitrogen and oxygen atoms in total. The van der Waals surface area contributed by atoms with Crippen molar-refractivity contribution in [2.45, 2.75) is 50.7 Å². The molecule has 2 saturated heterocycles. The summed E-state index contributed by atoms with van der Waals surface area (Å²) in [6.45, 7) is 2.16. The summed E-state index contributed by atoms with van der Waals surface area (Å²) in [6.07, 6.45) is 5.90. The molecule has 38 heavy (non-hydrogen) atoms. The van der Waals surface area contributed by atoms with Crippen LogP contribution < -0.4 is 10.6 Å². The molecule has 1 atom stereocenters. The average Bonchev–Trinajstić information content (AvgIpc) is 3.49. The van der Waals surface area contributed by atoms with Crippen LogP contribution in [0.3, 0.4) is 0 Å². The lowest BCUT2D eigenvalue weighted by Crippen LogP contribution is -2.54. The molecule has 5 rings (SSSR count). The topological polar surface area (TPSA) is 143 Å². The third-order valence-corrected chi connectivity index (χ3v) is 7.32. The van der Waals surface area contributed by atoms with Gasteiger partial charge in [-0.3, -0.25) is 38.9 Å². The number of likely N-dealkylation sites (tertiary alicyclic amines) is 1. The van der Waals surface area contributed by atoms with Crippen LogP contribution in [0.5, 0.6) is 0 Å². The Labute approximate surface area is 219 Å². The number of hydrogen-bond acceptors (Lipinski definition) is 8. The molecule has 1 aromatic heterocycles. The number of nitrogens with zero attached hydrogens (tertiary/aromatic N) is 4. The number of carbonyl (C=O) groups is 5. The van der Waals surface area contributed by atoms with Crippen molar-refractivity contribution in [3.8, 4) is 0 Å². The maximum Gasteiger partial charge on any atom is 0.264 e. The molecular weight excluding hydrogens is 492 g/mol. The second-order valence-corrected chi connectivity index (χ2v) is 9.71. The van der Waals surface area contributed by atoms with Crippen LogP contribution in [0.15, 0.2) is 30.6 Å². The lowest BCUT2D eigenvalue weighted by atomic mass is 10.0. The summed E-state index contributed by atoms with van der Waals surface area (Å²) in [7, 11) is 1.59. The zero-order chi connectivity index (χ0) is 26.8. The third-order valence-electron chi connectivity index (χ3n) is 7.32. The highest BCUT2D eigenvalue weighted by Crippen LogP contribution is 2.32. The number of anilines is 1. The van der Waals surface area contributed by atoms with Crippen molar-refractivity contribution in [3.05, 3.63) is 47.3 Å². The van der Waals surface area contributed by atoms with Crippen molar-refractivity contribution in [1.82, 2.24) is 24.9 Å². The Kier molecular flexibility index (Phi) is 7.23. The molecule has 0 bridgehead atoms.